The molecule has 0 amide bonds. The van der Waals surface area contributed by atoms with Gasteiger partial charge >= 0.3 is 15.2 Å². The van der Waals surface area contributed by atoms with Crippen LogP contribution in [0.1, 0.15) is 32.1 Å². The Hall–Kier alpha value is 0.260. The molecule has 3 atom stereocenters. The Balaban J connectivity index is 2.42. The SMILES string of the molecule is NC1CCCC2CC(P(=O)(O)O)(P(=O)(O)O)CC12. The largest absolute Gasteiger partial charge is 0.343 e. The molecule has 0 aromatic rings. The summed E-state index contributed by atoms with van der Waals surface area (Å²) in [5, 5.41) is 0. The van der Waals surface area contributed by atoms with Gasteiger partial charge in [-0.25, -0.2) is 0 Å². The van der Waals surface area contributed by atoms with Gasteiger partial charge < -0.3 is 25.3 Å². The van der Waals surface area contributed by atoms with E-state index in [2.05, 4.69) is 0 Å². The van der Waals surface area contributed by atoms with Crippen LogP contribution in [-0.4, -0.2) is 30.5 Å². The normalized spacial score (nSPS) is 36.4. The Labute approximate surface area is 105 Å². The van der Waals surface area contributed by atoms with E-state index in [1.165, 1.54) is 0 Å². The minimum absolute atomic E-state index is 0.0889. The third kappa shape index (κ3) is 2.12. The summed E-state index contributed by atoms with van der Waals surface area (Å²) in [5.41, 5.74) is 5.92. The van der Waals surface area contributed by atoms with Crippen LogP contribution in [0.25, 0.3) is 0 Å². The lowest BCUT2D eigenvalue weighted by atomic mass is 9.78. The number of hydrogen-bond donors (Lipinski definition) is 5. The van der Waals surface area contributed by atoms with E-state index in [4.69, 9.17) is 5.73 Å². The number of fused-ring (bicyclic) bond motifs is 1. The van der Waals surface area contributed by atoms with Crippen molar-refractivity contribution >= 4 is 15.2 Å². The zero-order valence-corrected chi connectivity index (χ0v) is 11.6. The van der Waals surface area contributed by atoms with E-state index in [-0.39, 0.29) is 30.7 Å². The lowest BCUT2D eigenvalue weighted by Gasteiger charge is -2.31. The first-order chi connectivity index (χ1) is 8.08. The summed E-state index contributed by atoms with van der Waals surface area (Å²) < 4.78 is 23.2. The highest BCUT2D eigenvalue weighted by atomic mass is 31.2. The third-order valence-corrected chi connectivity index (χ3v) is 8.97. The minimum atomic E-state index is -4.88. The fraction of sp³-hybridized carbons (Fsp3) is 1.00. The van der Waals surface area contributed by atoms with E-state index in [0.717, 1.165) is 19.3 Å². The zero-order valence-electron chi connectivity index (χ0n) is 9.84. The second-order valence-corrected chi connectivity index (χ2v) is 9.74. The van der Waals surface area contributed by atoms with Crippen molar-refractivity contribution in [2.75, 3.05) is 0 Å². The van der Waals surface area contributed by atoms with Crippen molar-refractivity contribution in [3.8, 4) is 0 Å². The number of hydrogen-bond acceptors (Lipinski definition) is 3. The maximum atomic E-state index is 11.6. The summed E-state index contributed by atoms with van der Waals surface area (Å²) in [6.07, 6.45) is 2.04. The molecule has 7 nitrogen and oxygen atoms in total. The monoisotopic (exact) mass is 299 g/mol. The Morgan fingerprint density at radius 1 is 1.00 bits per heavy atom. The van der Waals surface area contributed by atoms with Gasteiger partial charge in [-0.2, -0.15) is 0 Å². The Kier molecular flexibility index (Phi) is 3.57. The quantitative estimate of drug-likeness (QED) is 0.469. The van der Waals surface area contributed by atoms with Crippen molar-refractivity contribution in [1.29, 1.82) is 0 Å². The van der Waals surface area contributed by atoms with Crippen molar-refractivity contribution < 1.29 is 28.7 Å². The first-order valence-electron chi connectivity index (χ1n) is 5.95. The second-order valence-electron chi connectivity index (χ2n) is 5.50. The van der Waals surface area contributed by atoms with Crippen molar-refractivity contribution in [2.24, 2.45) is 17.6 Å². The van der Waals surface area contributed by atoms with Crippen LogP contribution in [0.15, 0.2) is 0 Å². The summed E-state index contributed by atoms with van der Waals surface area (Å²) in [7, 11) is -9.77. The summed E-state index contributed by atoms with van der Waals surface area (Å²) in [5.74, 6) is -0.284. The highest BCUT2D eigenvalue weighted by Crippen LogP contribution is 2.77. The first-order valence-corrected chi connectivity index (χ1v) is 9.18. The van der Waals surface area contributed by atoms with E-state index < -0.39 is 20.1 Å². The van der Waals surface area contributed by atoms with Crippen LogP contribution in [-0.2, 0) is 9.13 Å². The molecule has 0 heterocycles. The number of rotatable bonds is 2. The fourth-order valence-electron chi connectivity index (χ4n) is 3.49. The highest BCUT2D eigenvalue weighted by molar-refractivity contribution is 7.72. The lowest BCUT2D eigenvalue weighted by Crippen LogP contribution is -2.36. The molecule has 2 aliphatic carbocycles. The van der Waals surface area contributed by atoms with Crippen molar-refractivity contribution in [3.63, 3.8) is 0 Å². The molecule has 0 saturated heterocycles. The van der Waals surface area contributed by atoms with Gasteiger partial charge in [0.05, 0.1) is 0 Å². The summed E-state index contributed by atoms with van der Waals surface area (Å²) in [4.78, 5) is 35.4. The molecule has 3 unspecified atom stereocenters. The molecule has 0 aromatic heterocycles. The van der Waals surface area contributed by atoms with Gasteiger partial charge in [-0.3, -0.25) is 9.13 Å². The molecule has 0 aromatic carbocycles. The van der Waals surface area contributed by atoms with Crippen LogP contribution in [0.2, 0.25) is 0 Å². The van der Waals surface area contributed by atoms with E-state index in [9.17, 15) is 28.7 Å². The second kappa shape index (κ2) is 4.38. The zero-order chi connectivity index (χ0) is 13.8. The molecule has 2 fully saturated rings. The van der Waals surface area contributed by atoms with Crippen molar-refractivity contribution in [2.45, 2.75) is 43.0 Å². The molecule has 2 saturated carbocycles. The summed E-state index contributed by atoms with van der Waals surface area (Å²) in [6.45, 7) is 0. The molecule has 0 spiro atoms. The van der Waals surface area contributed by atoms with Crippen molar-refractivity contribution in [3.05, 3.63) is 0 Å². The van der Waals surface area contributed by atoms with Crippen LogP contribution in [0.4, 0.5) is 0 Å². The van der Waals surface area contributed by atoms with Crippen LogP contribution in [0, 0.1) is 11.8 Å². The van der Waals surface area contributed by atoms with Crippen LogP contribution < -0.4 is 5.73 Å². The third-order valence-electron chi connectivity index (χ3n) is 4.50. The van der Waals surface area contributed by atoms with Gasteiger partial charge in [0, 0.05) is 6.04 Å². The van der Waals surface area contributed by atoms with Crippen LogP contribution >= 0.6 is 15.2 Å². The van der Waals surface area contributed by atoms with E-state index in [0.29, 0.717) is 0 Å². The van der Waals surface area contributed by atoms with Gasteiger partial charge in [0.2, 0.25) is 0 Å². The average Bonchev–Trinajstić information content (AvgIpc) is 2.57. The topological polar surface area (TPSA) is 141 Å². The molecule has 106 valence electrons. The van der Waals surface area contributed by atoms with Gasteiger partial charge in [0.1, 0.15) is 0 Å². The van der Waals surface area contributed by atoms with Crippen molar-refractivity contribution in [1.82, 2.24) is 0 Å². The maximum Gasteiger partial charge on any atom is 0.343 e. The van der Waals surface area contributed by atoms with Gasteiger partial charge in [-0.1, -0.05) is 12.8 Å². The minimum Gasteiger partial charge on any atom is -0.327 e. The maximum absolute atomic E-state index is 11.6. The summed E-state index contributed by atoms with van der Waals surface area (Å²) >= 11 is 0. The molecule has 9 heteroatoms. The molecule has 0 radical (unpaired) electrons. The van der Waals surface area contributed by atoms with Gasteiger partial charge in [0.15, 0.2) is 4.90 Å². The number of nitrogens with two attached hydrogens (primary N) is 1. The molecule has 2 rings (SSSR count). The van der Waals surface area contributed by atoms with Gasteiger partial charge in [0.25, 0.3) is 0 Å². The first kappa shape index (κ1) is 14.7. The van der Waals surface area contributed by atoms with E-state index >= 15 is 0 Å². The van der Waals surface area contributed by atoms with Crippen LogP contribution in [0.5, 0.6) is 0 Å². The molecule has 0 bridgehead atoms. The lowest BCUT2D eigenvalue weighted by molar-refractivity contribution is 0.240. The standard InChI is InChI=1S/C9H19NO6P2/c10-8-3-1-2-6-4-9(5-7(6)8,17(11,12)13)18(14,15)16/h6-8H,1-5,10H2,(H2,11,12,13)(H2,14,15,16). The van der Waals surface area contributed by atoms with E-state index in [1.807, 2.05) is 0 Å². The molecule has 6 N–H and O–H groups in total. The predicted molar refractivity (Wildman–Crippen MR) is 64.9 cm³/mol. The van der Waals surface area contributed by atoms with Crippen LogP contribution in [0.3, 0.4) is 0 Å². The Bertz CT molecular complexity index is 407. The fourth-order valence-corrected chi connectivity index (χ4v) is 6.69. The predicted octanol–water partition coefficient (Wildman–Crippen LogP) is 0.575. The van der Waals surface area contributed by atoms with Gasteiger partial charge in [-0.15, -0.1) is 0 Å². The Morgan fingerprint density at radius 3 is 2.00 bits per heavy atom. The molecular formula is C9H19NO6P2. The van der Waals surface area contributed by atoms with Gasteiger partial charge in [-0.05, 0) is 31.1 Å². The smallest absolute Gasteiger partial charge is 0.327 e. The molecular weight excluding hydrogens is 280 g/mol. The molecule has 0 aliphatic heterocycles. The molecule has 18 heavy (non-hydrogen) atoms. The molecule has 2 aliphatic rings. The Morgan fingerprint density at radius 2 is 1.56 bits per heavy atom. The van der Waals surface area contributed by atoms with E-state index in [1.54, 1.807) is 0 Å². The highest BCUT2D eigenvalue weighted by Gasteiger charge is 2.66. The summed E-state index contributed by atoms with van der Waals surface area (Å²) in [6, 6.07) is -0.219. The average molecular weight is 299 g/mol.